The van der Waals surface area contributed by atoms with E-state index >= 15 is 0 Å². The van der Waals surface area contributed by atoms with Crippen LogP contribution in [0.1, 0.15) is 26.5 Å². The van der Waals surface area contributed by atoms with Crippen LogP contribution in [0.25, 0.3) is 0 Å². The first kappa shape index (κ1) is 14.1. The van der Waals surface area contributed by atoms with E-state index in [2.05, 4.69) is 21.2 Å². The molecule has 0 radical (unpaired) electrons. The third-order valence-electron chi connectivity index (χ3n) is 2.65. The molecule has 104 valence electrons. The van der Waals surface area contributed by atoms with Gasteiger partial charge in [-0.05, 0) is 40.2 Å². The molecular formula is C13H12BrN3O3. The van der Waals surface area contributed by atoms with Crippen molar-refractivity contribution in [1.82, 2.24) is 0 Å². The van der Waals surface area contributed by atoms with Crippen LogP contribution < -0.4 is 16.8 Å². The van der Waals surface area contributed by atoms with Crippen LogP contribution in [0.4, 0.5) is 5.69 Å². The summed E-state index contributed by atoms with van der Waals surface area (Å²) in [6.45, 7) is 0.383. The van der Waals surface area contributed by atoms with Crippen molar-refractivity contribution in [1.29, 1.82) is 0 Å². The highest BCUT2D eigenvalue weighted by Gasteiger charge is 2.10. The maximum atomic E-state index is 11.2. The monoisotopic (exact) mass is 337 g/mol. The lowest BCUT2D eigenvalue weighted by molar-refractivity contribution is 0.0999. The van der Waals surface area contributed by atoms with Gasteiger partial charge in [0, 0.05) is 16.8 Å². The Morgan fingerprint density at radius 3 is 2.20 bits per heavy atom. The van der Waals surface area contributed by atoms with Crippen LogP contribution >= 0.6 is 15.9 Å². The van der Waals surface area contributed by atoms with Gasteiger partial charge in [-0.1, -0.05) is 0 Å². The number of carbonyl (C=O) groups excluding carboxylic acids is 2. The molecule has 0 saturated heterocycles. The van der Waals surface area contributed by atoms with Crippen LogP contribution in [-0.4, -0.2) is 11.8 Å². The summed E-state index contributed by atoms with van der Waals surface area (Å²) < 4.78 is 6.07. The van der Waals surface area contributed by atoms with Gasteiger partial charge in [0.1, 0.15) is 5.76 Å². The Hall–Kier alpha value is -2.28. The summed E-state index contributed by atoms with van der Waals surface area (Å²) in [6, 6.07) is 6.22. The average Bonchev–Trinajstić information content (AvgIpc) is 2.81. The van der Waals surface area contributed by atoms with Gasteiger partial charge in [-0.2, -0.15) is 0 Å². The van der Waals surface area contributed by atoms with Gasteiger partial charge in [0.25, 0.3) is 0 Å². The summed E-state index contributed by atoms with van der Waals surface area (Å²) in [6.07, 6.45) is 1.55. The van der Waals surface area contributed by atoms with Crippen molar-refractivity contribution in [2.75, 3.05) is 5.32 Å². The Morgan fingerprint density at radius 1 is 1.15 bits per heavy atom. The Balaban J connectivity index is 2.24. The van der Waals surface area contributed by atoms with Crippen LogP contribution in [0.2, 0.25) is 0 Å². The van der Waals surface area contributed by atoms with E-state index < -0.39 is 11.8 Å². The van der Waals surface area contributed by atoms with Gasteiger partial charge < -0.3 is 21.2 Å². The number of rotatable bonds is 5. The quantitative estimate of drug-likeness (QED) is 0.772. The number of amides is 2. The SMILES string of the molecule is NC(=O)c1cc(NCc2occc2Br)cc(C(N)=O)c1. The Kier molecular flexibility index (Phi) is 4.09. The molecule has 0 saturated carbocycles. The average molecular weight is 338 g/mol. The number of hydrogen-bond acceptors (Lipinski definition) is 4. The first-order valence-corrected chi connectivity index (χ1v) is 6.47. The summed E-state index contributed by atoms with van der Waals surface area (Å²) in [4.78, 5) is 22.5. The molecule has 0 unspecified atom stereocenters. The minimum atomic E-state index is -0.629. The van der Waals surface area contributed by atoms with Gasteiger partial charge in [-0.3, -0.25) is 9.59 Å². The molecule has 1 heterocycles. The fourth-order valence-corrected chi connectivity index (χ4v) is 1.99. The molecule has 20 heavy (non-hydrogen) atoms. The standard InChI is InChI=1S/C13H12BrN3O3/c14-10-1-2-20-11(10)6-17-9-4-7(12(15)18)3-8(5-9)13(16)19/h1-5,17H,6H2,(H2,15,18)(H2,16,19). The Morgan fingerprint density at radius 2 is 1.75 bits per heavy atom. The molecule has 0 fully saturated rings. The molecular weight excluding hydrogens is 326 g/mol. The van der Waals surface area contributed by atoms with Crippen LogP contribution in [0.3, 0.4) is 0 Å². The molecule has 0 bridgehead atoms. The molecule has 7 heteroatoms. The summed E-state index contributed by atoms with van der Waals surface area (Å²) in [5, 5.41) is 3.04. The van der Waals surface area contributed by atoms with Crippen LogP contribution in [0.5, 0.6) is 0 Å². The fraction of sp³-hybridized carbons (Fsp3) is 0.0769. The molecule has 2 amide bonds. The smallest absolute Gasteiger partial charge is 0.248 e. The van der Waals surface area contributed by atoms with Crippen molar-refractivity contribution in [2.24, 2.45) is 11.5 Å². The van der Waals surface area contributed by atoms with Gasteiger partial charge in [0.15, 0.2) is 0 Å². The first-order valence-electron chi connectivity index (χ1n) is 5.68. The molecule has 0 spiro atoms. The van der Waals surface area contributed by atoms with Crippen molar-refractivity contribution in [2.45, 2.75) is 6.54 Å². The number of benzene rings is 1. The largest absolute Gasteiger partial charge is 0.466 e. The lowest BCUT2D eigenvalue weighted by atomic mass is 10.1. The van der Waals surface area contributed by atoms with E-state index in [0.29, 0.717) is 18.0 Å². The van der Waals surface area contributed by atoms with Crippen LogP contribution in [-0.2, 0) is 6.54 Å². The van der Waals surface area contributed by atoms with Crippen LogP contribution in [0, 0.1) is 0 Å². The van der Waals surface area contributed by atoms with Gasteiger partial charge in [-0.25, -0.2) is 0 Å². The lowest BCUT2D eigenvalue weighted by Crippen LogP contribution is -2.16. The van der Waals surface area contributed by atoms with Crippen molar-refractivity contribution in [3.05, 3.63) is 51.9 Å². The number of nitrogens with two attached hydrogens (primary N) is 2. The lowest BCUT2D eigenvalue weighted by Gasteiger charge is -2.08. The number of hydrogen-bond donors (Lipinski definition) is 3. The minimum absolute atomic E-state index is 0.210. The molecule has 1 aromatic carbocycles. The van der Waals surface area contributed by atoms with E-state index in [4.69, 9.17) is 15.9 Å². The molecule has 0 aliphatic rings. The second-order valence-electron chi connectivity index (χ2n) is 4.07. The van der Waals surface area contributed by atoms with Crippen molar-refractivity contribution >= 4 is 33.4 Å². The van der Waals surface area contributed by atoms with E-state index in [0.717, 1.165) is 4.47 Å². The van der Waals surface area contributed by atoms with Crippen molar-refractivity contribution < 1.29 is 14.0 Å². The third kappa shape index (κ3) is 3.18. The molecule has 2 rings (SSSR count). The maximum Gasteiger partial charge on any atom is 0.248 e. The van der Waals surface area contributed by atoms with E-state index in [1.165, 1.54) is 6.07 Å². The second-order valence-corrected chi connectivity index (χ2v) is 4.93. The zero-order valence-electron chi connectivity index (χ0n) is 10.4. The van der Waals surface area contributed by atoms with Crippen molar-refractivity contribution in [3.8, 4) is 0 Å². The van der Waals surface area contributed by atoms with Crippen LogP contribution in [0.15, 0.2) is 39.4 Å². The summed E-state index contributed by atoms with van der Waals surface area (Å²) >= 11 is 3.33. The third-order valence-corrected chi connectivity index (χ3v) is 3.35. The molecule has 0 atom stereocenters. The zero-order chi connectivity index (χ0) is 14.7. The summed E-state index contributed by atoms with van der Waals surface area (Å²) in [5.74, 6) is -0.569. The van der Waals surface area contributed by atoms with E-state index in [-0.39, 0.29) is 11.1 Å². The van der Waals surface area contributed by atoms with Crippen molar-refractivity contribution in [3.63, 3.8) is 0 Å². The highest BCUT2D eigenvalue weighted by atomic mass is 79.9. The van der Waals surface area contributed by atoms with E-state index in [1.807, 2.05) is 0 Å². The van der Waals surface area contributed by atoms with Gasteiger partial charge in [-0.15, -0.1) is 0 Å². The predicted molar refractivity (Wildman–Crippen MR) is 77.2 cm³/mol. The fourth-order valence-electron chi connectivity index (χ4n) is 1.65. The van der Waals surface area contributed by atoms with Gasteiger partial charge in [0.05, 0.1) is 17.3 Å². The van der Waals surface area contributed by atoms with E-state index in [9.17, 15) is 9.59 Å². The maximum absolute atomic E-state index is 11.2. The highest BCUT2D eigenvalue weighted by Crippen LogP contribution is 2.20. The van der Waals surface area contributed by atoms with Gasteiger partial charge >= 0.3 is 0 Å². The molecule has 2 aromatic rings. The highest BCUT2D eigenvalue weighted by molar-refractivity contribution is 9.10. The molecule has 6 nitrogen and oxygen atoms in total. The molecule has 0 aliphatic carbocycles. The Labute approximate surface area is 123 Å². The number of halogens is 1. The van der Waals surface area contributed by atoms with Gasteiger partial charge in [0.2, 0.25) is 11.8 Å². The first-order chi connectivity index (χ1) is 9.47. The minimum Gasteiger partial charge on any atom is -0.466 e. The molecule has 1 aromatic heterocycles. The van der Waals surface area contributed by atoms with E-state index in [1.54, 1.807) is 24.5 Å². The number of anilines is 1. The molecule has 5 N–H and O–H groups in total. The topological polar surface area (TPSA) is 111 Å². The number of primary amides is 2. The summed E-state index contributed by atoms with van der Waals surface area (Å²) in [7, 11) is 0. The zero-order valence-corrected chi connectivity index (χ0v) is 11.9. The number of furan rings is 1. The number of nitrogens with one attached hydrogen (secondary N) is 1. The predicted octanol–water partition coefficient (Wildman–Crippen LogP) is 1.85. The Bertz CT molecular complexity index is 634. The normalized spacial score (nSPS) is 10.2. The molecule has 0 aliphatic heterocycles. The summed E-state index contributed by atoms with van der Waals surface area (Å²) in [5.41, 5.74) is 11.4. The number of carbonyl (C=O) groups is 2. The second kappa shape index (κ2) is 5.79.